The number of benzene rings is 3. The molecule has 2 atom stereocenters. The third-order valence-electron chi connectivity index (χ3n) is 5.82. The summed E-state index contributed by atoms with van der Waals surface area (Å²) in [5.74, 6) is 2.55. The van der Waals surface area contributed by atoms with Crippen LogP contribution in [-0.4, -0.2) is 39.2 Å². The highest BCUT2D eigenvalue weighted by atomic mass is 35.5. The first-order valence-corrected chi connectivity index (χ1v) is 11.5. The van der Waals surface area contributed by atoms with E-state index in [1.807, 2.05) is 48.5 Å². The Labute approximate surface area is 207 Å². The van der Waals surface area contributed by atoms with Crippen molar-refractivity contribution in [2.24, 2.45) is 9.98 Å². The SMILES string of the molecule is COc1ccc([C@@H]2COC(c3cc(Cl)c(Cl)cc3C3=N[C@H](c4ccc(OC)cc4)CO3)=N2)cc1. The number of aliphatic imine (C=N–C) groups is 2. The van der Waals surface area contributed by atoms with Gasteiger partial charge in [0.2, 0.25) is 11.8 Å². The predicted octanol–water partition coefficient (Wildman–Crippen LogP) is 6.05. The summed E-state index contributed by atoms with van der Waals surface area (Å²) in [7, 11) is 3.28. The second-order valence-corrected chi connectivity index (χ2v) is 8.69. The number of nitrogens with zero attached hydrogens (tertiary/aromatic N) is 2. The van der Waals surface area contributed by atoms with E-state index in [0.717, 1.165) is 22.6 Å². The zero-order valence-corrected chi connectivity index (χ0v) is 20.1. The van der Waals surface area contributed by atoms with Gasteiger partial charge < -0.3 is 18.9 Å². The molecule has 2 aliphatic heterocycles. The standard InChI is InChI=1S/C26H22Cl2N2O4/c1-31-17-7-3-15(4-8-17)23-13-33-25(29-23)19-11-21(27)22(28)12-20(19)26-30-24(14-34-26)16-5-9-18(32-2)10-6-16/h3-12,23-24H,13-14H2,1-2H3/t23-,24-/m0/s1. The van der Waals surface area contributed by atoms with Crippen LogP contribution in [0.25, 0.3) is 0 Å². The van der Waals surface area contributed by atoms with Crippen LogP contribution in [0.15, 0.2) is 70.6 Å². The van der Waals surface area contributed by atoms with Crippen LogP contribution in [0.4, 0.5) is 0 Å². The van der Waals surface area contributed by atoms with Crippen LogP contribution >= 0.6 is 23.2 Å². The normalized spacial score (nSPS) is 19.2. The number of rotatable bonds is 6. The van der Waals surface area contributed by atoms with E-state index in [9.17, 15) is 0 Å². The lowest BCUT2D eigenvalue weighted by Gasteiger charge is -2.10. The fourth-order valence-electron chi connectivity index (χ4n) is 3.94. The minimum absolute atomic E-state index is 0.137. The van der Waals surface area contributed by atoms with E-state index < -0.39 is 0 Å². The number of hydrogen-bond acceptors (Lipinski definition) is 6. The van der Waals surface area contributed by atoms with E-state index in [-0.39, 0.29) is 12.1 Å². The predicted molar refractivity (Wildman–Crippen MR) is 133 cm³/mol. The van der Waals surface area contributed by atoms with E-state index in [2.05, 4.69) is 0 Å². The fraction of sp³-hybridized carbons (Fsp3) is 0.231. The van der Waals surface area contributed by atoms with Crippen LogP contribution in [0.3, 0.4) is 0 Å². The van der Waals surface area contributed by atoms with Gasteiger partial charge in [-0.05, 0) is 47.5 Å². The molecule has 0 bridgehead atoms. The molecule has 0 aromatic heterocycles. The Kier molecular flexibility index (Phi) is 6.35. The van der Waals surface area contributed by atoms with Gasteiger partial charge in [-0.2, -0.15) is 0 Å². The molecule has 0 aliphatic carbocycles. The molecule has 2 heterocycles. The monoisotopic (exact) mass is 496 g/mol. The summed E-state index contributed by atoms with van der Waals surface area (Å²) in [6.07, 6.45) is 0. The van der Waals surface area contributed by atoms with Gasteiger partial charge in [-0.15, -0.1) is 0 Å². The molecule has 3 aromatic carbocycles. The number of hydrogen-bond donors (Lipinski definition) is 0. The summed E-state index contributed by atoms with van der Waals surface area (Å²) in [5.41, 5.74) is 3.46. The highest BCUT2D eigenvalue weighted by molar-refractivity contribution is 6.42. The van der Waals surface area contributed by atoms with Gasteiger partial charge in [-0.3, -0.25) is 0 Å². The number of methoxy groups -OCH3 is 2. The molecule has 174 valence electrons. The van der Waals surface area contributed by atoms with Gasteiger partial charge in [0.05, 0.1) is 35.4 Å². The first-order chi connectivity index (χ1) is 16.6. The van der Waals surface area contributed by atoms with Gasteiger partial charge in [0.25, 0.3) is 0 Å². The lowest BCUT2D eigenvalue weighted by Crippen LogP contribution is -2.11. The molecule has 0 radical (unpaired) electrons. The minimum atomic E-state index is -0.137. The fourth-order valence-corrected chi connectivity index (χ4v) is 4.26. The molecule has 3 aromatic rings. The molecule has 0 saturated carbocycles. The maximum atomic E-state index is 6.36. The van der Waals surface area contributed by atoms with E-state index in [4.69, 9.17) is 52.1 Å². The summed E-state index contributed by atoms with van der Waals surface area (Å²) in [4.78, 5) is 9.62. The first-order valence-electron chi connectivity index (χ1n) is 10.7. The third kappa shape index (κ3) is 4.43. The van der Waals surface area contributed by atoms with Crippen molar-refractivity contribution in [3.63, 3.8) is 0 Å². The van der Waals surface area contributed by atoms with Gasteiger partial charge in [0, 0.05) is 0 Å². The topological polar surface area (TPSA) is 61.6 Å². The summed E-state index contributed by atoms with van der Waals surface area (Å²) >= 11 is 12.7. The van der Waals surface area contributed by atoms with Gasteiger partial charge >= 0.3 is 0 Å². The molecule has 0 N–H and O–H groups in total. The molecule has 0 unspecified atom stereocenters. The molecule has 0 amide bonds. The van der Waals surface area contributed by atoms with Gasteiger partial charge in [0.15, 0.2) is 0 Å². The largest absolute Gasteiger partial charge is 0.497 e. The lowest BCUT2D eigenvalue weighted by atomic mass is 10.1. The highest BCUT2D eigenvalue weighted by Crippen LogP contribution is 2.34. The average Bonchev–Trinajstić information content (AvgIpc) is 3.56. The lowest BCUT2D eigenvalue weighted by molar-refractivity contribution is 0.316. The molecule has 8 heteroatoms. The first kappa shape index (κ1) is 22.6. The van der Waals surface area contributed by atoms with E-state index in [0.29, 0.717) is 46.2 Å². The molecule has 0 spiro atoms. The maximum absolute atomic E-state index is 6.36. The van der Waals surface area contributed by atoms with Crippen LogP contribution < -0.4 is 9.47 Å². The smallest absolute Gasteiger partial charge is 0.217 e. The van der Waals surface area contributed by atoms with Crippen molar-refractivity contribution in [1.82, 2.24) is 0 Å². The zero-order chi connectivity index (χ0) is 23.7. The van der Waals surface area contributed by atoms with Crippen molar-refractivity contribution < 1.29 is 18.9 Å². The van der Waals surface area contributed by atoms with E-state index in [1.54, 1.807) is 26.4 Å². The minimum Gasteiger partial charge on any atom is -0.497 e. The molecule has 2 aliphatic rings. The van der Waals surface area contributed by atoms with Crippen molar-refractivity contribution in [2.45, 2.75) is 12.1 Å². The van der Waals surface area contributed by atoms with Crippen molar-refractivity contribution in [3.8, 4) is 11.5 Å². The van der Waals surface area contributed by atoms with Crippen LogP contribution in [0, 0.1) is 0 Å². The quantitative estimate of drug-likeness (QED) is 0.416. The Balaban J connectivity index is 1.46. The summed E-state index contributed by atoms with van der Waals surface area (Å²) in [5, 5.41) is 0.815. The molecule has 0 saturated heterocycles. The van der Waals surface area contributed by atoms with Crippen molar-refractivity contribution in [2.75, 3.05) is 27.4 Å². The number of halogens is 2. The molecule has 5 rings (SSSR count). The molecular formula is C26H22Cl2N2O4. The molecule has 6 nitrogen and oxygen atoms in total. The Morgan fingerprint density at radius 2 is 1.06 bits per heavy atom. The zero-order valence-electron chi connectivity index (χ0n) is 18.6. The summed E-state index contributed by atoms with van der Waals surface area (Å²) in [6, 6.07) is 18.8. The van der Waals surface area contributed by atoms with Crippen molar-refractivity contribution in [3.05, 3.63) is 93.0 Å². The maximum Gasteiger partial charge on any atom is 0.217 e. The Morgan fingerprint density at radius 1 is 0.676 bits per heavy atom. The highest BCUT2D eigenvalue weighted by Gasteiger charge is 2.29. The van der Waals surface area contributed by atoms with Gasteiger partial charge in [-0.25, -0.2) is 9.98 Å². The summed E-state index contributed by atoms with van der Waals surface area (Å²) in [6.45, 7) is 0.840. The van der Waals surface area contributed by atoms with Gasteiger partial charge in [0.1, 0.15) is 36.8 Å². The molecular weight excluding hydrogens is 475 g/mol. The Bertz CT molecular complexity index is 1160. The summed E-state index contributed by atoms with van der Waals surface area (Å²) < 4.78 is 22.5. The van der Waals surface area contributed by atoms with Crippen LogP contribution in [0.5, 0.6) is 11.5 Å². The molecule has 0 fully saturated rings. The second kappa shape index (κ2) is 9.57. The van der Waals surface area contributed by atoms with Crippen LogP contribution in [0.1, 0.15) is 34.3 Å². The van der Waals surface area contributed by atoms with Crippen LogP contribution in [0.2, 0.25) is 10.0 Å². The second-order valence-electron chi connectivity index (χ2n) is 7.88. The van der Waals surface area contributed by atoms with Gasteiger partial charge in [-0.1, -0.05) is 47.5 Å². The average molecular weight is 497 g/mol. The van der Waals surface area contributed by atoms with E-state index >= 15 is 0 Å². The van der Waals surface area contributed by atoms with E-state index in [1.165, 1.54) is 0 Å². The molecule has 34 heavy (non-hydrogen) atoms. The Hall–Kier alpha value is -3.22. The number of ether oxygens (including phenoxy) is 4. The van der Waals surface area contributed by atoms with Crippen molar-refractivity contribution >= 4 is 35.0 Å². The van der Waals surface area contributed by atoms with Crippen LogP contribution in [-0.2, 0) is 9.47 Å². The Morgan fingerprint density at radius 3 is 1.41 bits per heavy atom. The third-order valence-corrected chi connectivity index (χ3v) is 6.55. The van der Waals surface area contributed by atoms with Crippen molar-refractivity contribution in [1.29, 1.82) is 0 Å².